The maximum absolute atomic E-state index is 12.1. The lowest BCUT2D eigenvalue weighted by Gasteiger charge is -2.38. The van der Waals surface area contributed by atoms with Gasteiger partial charge in [-0.25, -0.2) is 0 Å². The molecule has 4 nitrogen and oxygen atoms in total. The third-order valence-corrected chi connectivity index (χ3v) is 4.19. The van der Waals surface area contributed by atoms with Crippen LogP contribution in [0.25, 0.3) is 0 Å². The molecule has 1 rings (SSSR count). The number of unbranched alkanes of at least 4 members (excludes halogenated alkanes) is 2. The van der Waals surface area contributed by atoms with Gasteiger partial charge in [-0.15, -0.1) is 0 Å². The van der Waals surface area contributed by atoms with Gasteiger partial charge in [-0.2, -0.15) is 0 Å². The second-order valence-electron chi connectivity index (χ2n) is 5.59. The van der Waals surface area contributed by atoms with Crippen LogP contribution in [0.3, 0.4) is 0 Å². The second kappa shape index (κ2) is 8.18. The van der Waals surface area contributed by atoms with Crippen molar-refractivity contribution in [2.75, 3.05) is 13.1 Å². The number of rotatable bonds is 7. The first-order valence-electron chi connectivity index (χ1n) is 7.56. The van der Waals surface area contributed by atoms with Gasteiger partial charge in [0.2, 0.25) is 5.91 Å². The zero-order valence-corrected chi connectivity index (χ0v) is 12.2. The Morgan fingerprint density at radius 1 is 1.21 bits per heavy atom. The van der Waals surface area contributed by atoms with Crippen LogP contribution in [0.4, 0.5) is 0 Å². The van der Waals surface area contributed by atoms with E-state index in [4.69, 9.17) is 0 Å². The van der Waals surface area contributed by atoms with E-state index in [0.29, 0.717) is 18.9 Å². The molecule has 19 heavy (non-hydrogen) atoms. The molecule has 1 heterocycles. The van der Waals surface area contributed by atoms with Crippen molar-refractivity contribution < 1.29 is 14.7 Å². The summed E-state index contributed by atoms with van der Waals surface area (Å²) in [6, 6.07) is 0. The van der Waals surface area contributed by atoms with Crippen molar-refractivity contribution in [1.82, 2.24) is 4.90 Å². The fourth-order valence-electron chi connectivity index (χ4n) is 2.94. The number of hydrogen-bond acceptors (Lipinski definition) is 3. The molecule has 0 aromatic rings. The molecule has 4 heteroatoms. The summed E-state index contributed by atoms with van der Waals surface area (Å²) in [5.74, 6) is -0.249. The molecule has 1 aliphatic heterocycles. The number of carboxylic acids is 1. The SMILES string of the molecule is CCCCCC(=O)N1CC[C@@H](CC(=O)[O-])[C@@H](CC)C1. The number of piperidine rings is 1. The summed E-state index contributed by atoms with van der Waals surface area (Å²) in [7, 11) is 0. The topological polar surface area (TPSA) is 60.4 Å². The quantitative estimate of drug-likeness (QED) is 0.659. The molecule has 0 aliphatic carbocycles. The first-order chi connectivity index (χ1) is 9.08. The number of aliphatic carboxylic acids is 1. The molecule has 1 aliphatic rings. The molecule has 1 amide bonds. The minimum Gasteiger partial charge on any atom is -0.550 e. The zero-order chi connectivity index (χ0) is 14.3. The molecular formula is C15H26NO3-. The van der Waals surface area contributed by atoms with Gasteiger partial charge in [0.15, 0.2) is 0 Å². The summed E-state index contributed by atoms with van der Waals surface area (Å²) in [6.07, 6.45) is 5.68. The molecule has 0 radical (unpaired) electrons. The Hall–Kier alpha value is -1.06. The Balaban J connectivity index is 2.44. The molecule has 1 saturated heterocycles. The fraction of sp³-hybridized carbons (Fsp3) is 0.867. The van der Waals surface area contributed by atoms with Gasteiger partial charge in [0, 0.05) is 25.5 Å². The first kappa shape index (κ1) is 16.0. The van der Waals surface area contributed by atoms with E-state index in [1.165, 1.54) is 0 Å². The van der Waals surface area contributed by atoms with Crippen LogP contribution in [-0.4, -0.2) is 29.9 Å². The van der Waals surface area contributed by atoms with Gasteiger partial charge in [0.1, 0.15) is 0 Å². The van der Waals surface area contributed by atoms with Crippen molar-refractivity contribution in [3.8, 4) is 0 Å². The van der Waals surface area contributed by atoms with E-state index in [1.807, 2.05) is 4.90 Å². The Labute approximate surface area is 116 Å². The van der Waals surface area contributed by atoms with Crippen LogP contribution in [0.15, 0.2) is 0 Å². The van der Waals surface area contributed by atoms with Crippen LogP contribution in [0, 0.1) is 11.8 Å². The van der Waals surface area contributed by atoms with Gasteiger partial charge < -0.3 is 14.8 Å². The highest BCUT2D eigenvalue weighted by atomic mass is 16.4. The fourth-order valence-corrected chi connectivity index (χ4v) is 2.94. The average Bonchev–Trinajstić information content (AvgIpc) is 2.38. The van der Waals surface area contributed by atoms with Crippen LogP contribution in [-0.2, 0) is 9.59 Å². The van der Waals surface area contributed by atoms with E-state index >= 15 is 0 Å². The van der Waals surface area contributed by atoms with Gasteiger partial charge in [0.05, 0.1) is 0 Å². The minimum absolute atomic E-state index is 0.135. The number of nitrogens with zero attached hydrogens (tertiary/aromatic N) is 1. The smallest absolute Gasteiger partial charge is 0.222 e. The predicted octanol–water partition coefficient (Wildman–Crippen LogP) is 1.58. The molecule has 1 fully saturated rings. The van der Waals surface area contributed by atoms with E-state index < -0.39 is 5.97 Å². The molecule has 0 bridgehead atoms. The number of hydrogen-bond donors (Lipinski definition) is 0. The molecular weight excluding hydrogens is 242 g/mol. The number of carboxylic acid groups (broad SMARTS) is 1. The normalized spacial score (nSPS) is 23.4. The molecule has 110 valence electrons. The Morgan fingerprint density at radius 3 is 2.53 bits per heavy atom. The Kier molecular flexibility index (Phi) is 6.89. The van der Waals surface area contributed by atoms with Crippen molar-refractivity contribution >= 4 is 11.9 Å². The number of amides is 1. The van der Waals surface area contributed by atoms with E-state index in [-0.39, 0.29) is 18.2 Å². The third-order valence-electron chi connectivity index (χ3n) is 4.19. The number of carbonyl (C=O) groups is 2. The van der Waals surface area contributed by atoms with Crippen molar-refractivity contribution in [2.45, 2.75) is 58.8 Å². The van der Waals surface area contributed by atoms with Crippen LogP contribution >= 0.6 is 0 Å². The van der Waals surface area contributed by atoms with Crippen LogP contribution < -0.4 is 5.11 Å². The lowest BCUT2D eigenvalue weighted by molar-refractivity contribution is -0.307. The minimum atomic E-state index is -0.967. The van der Waals surface area contributed by atoms with Gasteiger partial charge in [-0.1, -0.05) is 33.1 Å². The van der Waals surface area contributed by atoms with Gasteiger partial charge >= 0.3 is 0 Å². The molecule has 0 unspecified atom stereocenters. The Bertz CT molecular complexity index is 304. The maximum atomic E-state index is 12.1. The molecule has 0 aromatic carbocycles. The zero-order valence-electron chi connectivity index (χ0n) is 12.2. The largest absolute Gasteiger partial charge is 0.550 e. The third kappa shape index (κ3) is 5.21. The number of likely N-dealkylation sites (tertiary alicyclic amines) is 1. The van der Waals surface area contributed by atoms with E-state index in [0.717, 1.165) is 38.6 Å². The maximum Gasteiger partial charge on any atom is 0.222 e. The first-order valence-corrected chi connectivity index (χ1v) is 7.56. The summed E-state index contributed by atoms with van der Waals surface area (Å²) in [6.45, 7) is 5.62. The molecule has 0 aromatic heterocycles. The van der Waals surface area contributed by atoms with E-state index in [9.17, 15) is 14.7 Å². The average molecular weight is 268 g/mol. The van der Waals surface area contributed by atoms with Gasteiger partial charge in [0.25, 0.3) is 0 Å². The molecule has 0 spiro atoms. The van der Waals surface area contributed by atoms with E-state index in [2.05, 4.69) is 13.8 Å². The summed E-state index contributed by atoms with van der Waals surface area (Å²) in [5, 5.41) is 10.7. The van der Waals surface area contributed by atoms with Crippen molar-refractivity contribution in [3.63, 3.8) is 0 Å². The highest BCUT2D eigenvalue weighted by Crippen LogP contribution is 2.29. The molecule has 0 N–H and O–H groups in total. The molecule has 2 atom stereocenters. The molecule has 0 saturated carbocycles. The van der Waals surface area contributed by atoms with Crippen molar-refractivity contribution in [2.24, 2.45) is 11.8 Å². The predicted molar refractivity (Wildman–Crippen MR) is 72.2 cm³/mol. The van der Waals surface area contributed by atoms with Crippen molar-refractivity contribution in [3.05, 3.63) is 0 Å². The number of carbonyl (C=O) groups excluding carboxylic acids is 2. The van der Waals surface area contributed by atoms with Crippen LogP contribution in [0.5, 0.6) is 0 Å². The summed E-state index contributed by atoms with van der Waals surface area (Å²) < 4.78 is 0. The summed E-state index contributed by atoms with van der Waals surface area (Å²) >= 11 is 0. The Morgan fingerprint density at radius 2 is 1.95 bits per heavy atom. The lowest BCUT2D eigenvalue weighted by atomic mass is 9.81. The van der Waals surface area contributed by atoms with Crippen LogP contribution in [0.2, 0.25) is 0 Å². The summed E-state index contributed by atoms with van der Waals surface area (Å²) in [5.41, 5.74) is 0. The van der Waals surface area contributed by atoms with Gasteiger partial charge in [-0.3, -0.25) is 4.79 Å². The van der Waals surface area contributed by atoms with Crippen molar-refractivity contribution in [1.29, 1.82) is 0 Å². The van der Waals surface area contributed by atoms with Gasteiger partial charge in [-0.05, 0) is 31.1 Å². The van der Waals surface area contributed by atoms with E-state index in [1.54, 1.807) is 0 Å². The summed E-state index contributed by atoms with van der Waals surface area (Å²) in [4.78, 5) is 24.7. The monoisotopic (exact) mass is 268 g/mol. The highest BCUT2D eigenvalue weighted by Gasteiger charge is 2.29. The lowest BCUT2D eigenvalue weighted by Crippen LogP contribution is -2.45. The van der Waals surface area contributed by atoms with Crippen LogP contribution in [0.1, 0.15) is 58.8 Å². The second-order valence-corrected chi connectivity index (χ2v) is 5.59. The highest BCUT2D eigenvalue weighted by molar-refractivity contribution is 5.76. The standard InChI is InChI=1S/C15H27NO3/c1-3-5-6-7-14(17)16-9-8-13(10-15(18)19)12(4-2)11-16/h12-13H,3-11H2,1-2H3,(H,18,19)/p-1/t12-,13-/m0/s1.